The van der Waals surface area contributed by atoms with Gasteiger partial charge in [-0.1, -0.05) is 19.9 Å². The molecule has 6 atom stereocenters. The van der Waals surface area contributed by atoms with Gasteiger partial charge in [0.1, 0.15) is 12.1 Å². The zero-order valence-corrected chi connectivity index (χ0v) is 18.1. The average Bonchev–Trinajstić information content (AvgIpc) is 3.06. The number of piperidine rings is 1. The second-order valence-electron chi connectivity index (χ2n) is 9.87. The van der Waals surface area contributed by atoms with Crippen LogP contribution in [0.3, 0.4) is 0 Å². The van der Waals surface area contributed by atoms with Crippen molar-refractivity contribution in [1.82, 2.24) is 10.2 Å². The number of carboxylic acid groups (broad SMARTS) is 1. The number of ether oxygens (including phenoxy) is 2. The lowest BCUT2D eigenvalue weighted by Crippen LogP contribution is -2.78. The van der Waals surface area contributed by atoms with Gasteiger partial charge in [-0.2, -0.15) is 0 Å². The quantitative estimate of drug-likeness (QED) is 0.675. The van der Waals surface area contributed by atoms with Gasteiger partial charge in [0, 0.05) is 24.8 Å². The van der Waals surface area contributed by atoms with Crippen LogP contribution < -0.4 is 10.1 Å². The van der Waals surface area contributed by atoms with Gasteiger partial charge in [-0.05, 0) is 56.8 Å². The highest BCUT2D eigenvalue weighted by Crippen LogP contribution is 2.66. The molecule has 2 bridgehead atoms. The van der Waals surface area contributed by atoms with Crippen molar-refractivity contribution in [3.63, 3.8) is 0 Å². The van der Waals surface area contributed by atoms with E-state index in [1.165, 1.54) is 5.56 Å². The molecule has 2 unspecified atom stereocenters. The molecule has 7 heteroatoms. The van der Waals surface area contributed by atoms with Crippen LogP contribution >= 0.6 is 0 Å². The standard InChI is InChI=1S/C23H32N2O5/c1-12(2)18(21(27)28)24-14-7-8-23(29-4)16-11-13-5-6-15(26)19-17(13)22(23,20(14)30-19)9-10-25(16)3/h5-6,12,14,16,18,20,24,26H,7-11H2,1-4H3,(H,27,28)/t14?,16-,18-,20?,22+,23-/m1/s1. The van der Waals surface area contributed by atoms with Crippen molar-refractivity contribution in [2.45, 2.75) is 74.8 Å². The predicted octanol–water partition coefficient (Wildman–Crippen LogP) is 1.90. The largest absolute Gasteiger partial charge is 0.504 e. The Morgan fingerprint density at radius 1 is 1.37 bits per heavy atom. The minimum Gasteiger partial charge on any atom is -0.504 e. The fourth-order valence-corrected chi connectivity index (χ4v) is 7.09. The Balaban J connectivity index is 1.67. The zero-order valence-electron chi connectivity index (χ0n) is 18.1. The maximum Gasteiger partial charge on any atom is 0.320 e. The Morgan fingerprint density at radius 2 is 2.13 bits per heavy atom. The first kappa shape index (κ1) is 20.1. The molecule has 1 saturated heterocycles. The van der Waals surface area contributed by atoms with Crippen LogP contribution in [0.5, 0.6) is 11.5 Å². The molecule has 0 radical (unpaired) electrons. The molecule has 5 rings (SSSR count). The third kappa shape index (κ3) is 2.29. The number of nitrogens with one attached hydrogen (secondary N) is 1. The molecule has 1 saturated carbocycles. The average molecular weight is 417 g/mol. The minimum atomic E-state index is -0.838. The SMILES string of the molecule is CO[C@@]12CCC(N[C@@H](C(=O)O)C(C)C)C3Oc4c(O)ccc5c4[C@@]31CCN(C)[C@@H]2C5. The molecule has 2 aliphatic heterocycles. The van der Waals surface area contributed by atoms with Gasteiger partial charge in [0.05, 0.1) is 11.0 Å². The molecule has 1 spiro atoms. The van der Waals surface area contributed by atoms with Gasteiger partial charge in [0.2, 0.25) is 0 Å². The normalized spacial score (nSPS) is 37.6. The van der Waals surface area contributed by atoms with Crippen LogP contribution in [-0.4, -0.2) is 71.6 Å². The van der Waals surface area contributed by atoms with E-state index in [2.05, 4.69) is 17.3 Å². The number of phenolic OH excluding ortho intramolecular Hbond substituents is 1. The van der Waals surface area contributed by atoms with Gasteiger partial charge in [-0.25, -0.2) is 0 Å². The van der Waals surface area contributed by atoms with E-state index in [1.54, 1.807) is 13.2 Å². The van der Waals surface area contributed by atoms with Gasteiger partial charge in [-0.15, -0.1) is 0 Å². The number of likely N-dealkylation sites (N-methyl/N-ethyl adjacent to an activating group) is 1. The maximum atomic E-state index is 11.9. The minimum absolute atomic E-state index is 0.0431. The summed E-state index contributed by atoms with van der Waals surface area (Å²) >= 11 is 0. The van der Waals surface area contributed by atoms with Crippen LogP contribution in [0, 0.1) is 5.92 Å². The first-order chi connectivity index (χ1) is 14.3. The molecule has 30 heavy (non-hydrogen) atoms. The number of carbonyl (C=O) groups is 1. The summed E-state index contributed by atoms with van der Waals surface area (Å²) in [5.41, 5.74) is 1.51. The van der Waals surface area contributed by atoms with Crippen molar-refractivity contribution in [2.75, 3.05) is 20.7 Å². The molecule has 164 valence electrons. The predicted molar refractivity (Wildman–Crippen MR) is 111 cm³/mol. The third-order valence-corrected chi connectivity index (χ3v) is 8.38. The van der Waals surface area contributed by atoms with Crippen molar-refractivity contribution in [2.24, 2.45) is 5.92 Å². The van der Waals surface area contributed by atoms with Gasteiger partial charge in [0.15, 0.2) is 11.5 Å². The lowest BCUT2D eigenvalue weighted by atomic mass is 9.48. The molecule has 2 heterocycles. The monoisotopic (exact) mass is 416 g/mol. The van der Waals surface area contributed by atoms with Crippen molar-refractivity contribution in [1.29, 1.82) is 0 Å². The number of carboxylic acids is 1. The molecular formula is C23H32N2O5. The van der Waals surface area contributed by atoms with Gasteiger partial charge < -0.3 is 24.6 Å². The fourth-order valence-electron chi connectivity index (χ4n) is 7.09. The first-order valence-corrected chi connectivity index (χ1v) is 11.0. The number of aliphatic carboxylic acids is 1. The summed E-state index contributed by atoms with van der Waals surface area (Å²) in [6.07, 6.45) is 3.05. The summed E-state index contributed by atoms with van der Waals surface area (Å²) < 4.78 is 13.0. The van der Waals surface area contributed by atoms with Crippen molar-refractivity contribution in [3.8, 4) is 11.5 Å². The van der Waals surface area contributed by atoms with E-state index >= 15 is 0 Å². The molecule has 2 aliphatic carbocycles. The maximum absolute atomic E-state index is 11.9. The van der Waals surface area contributed by atoms with Crippen molar-refractivity contribution < 1.29 is 24.5 Å². The number of phenols is 1. The molecule has 0 amide bonds. The highest BCUT2D eigenvalue weighted by molar-refractivity contribution is 5.74. The number of nitrogens with zero attached hydrogens (tertiary/aromatic N) is 1. The third-order valence-electron chi connectivity index (χ3n) is 8.38. The first-order valence-electron chi connectivity index (χ1n) is 11.0. The molecule has 3 N–H and O–H groups in total. The van der Waals surface area contributed by atoms with Crippen molar-refractivity contribution >= 4 is 5.97 Å². The Labute approximate surface area is 177 Å². The topological polar surface area (TPSA) is 91.3 Å². The highest BCUT2D eigenvalue weighted by Gasteiger charge is 2.73. The van der Waals surface area contributed by atoms with E-state index in [4.69, 9.17) is 9.47 Å². The summed E-state index contributed by atoms with van der Waals surface area (Å²) in [7, 11) is 3.97. The molecular weight excluding hydrogens is 384 g/mol. The Morgan fingerprint density at radius 3 is 2.80 bits per heavy atom. The zero-order chi connectivity index (χ0) is 21.4. The molecule has 1 aromatic carbocycles. The number of benzene rings is 1. The van der Waals surface area contributed by atoms with E-state index in [1.807, 2.05) is 19.9 Å². The second kappa shape index (κ2) is 6.58. The number of methoxy groups -OCH3 is 1. The summed E-state index contributed by atoms with van der Waals surface area (Å²) in [6, 6.07) is 3.21. The number of likely N-dealkylation sites (tertiary alicyclic amines) is 1. The fraction of sp³-hybridized carbons (Fsp3) is 0.696. The van der Waals surface area contributed by atoms with Crippen molar-refractivity contribution in [3.05, 3.63) is 23.3 Å². The number of aromatic hydroxyl groups is 1. The molecule has 4 aliphatic rings. The number of hydrogen-bond donors (Lipinski definition) is 3. The lowest BCUT2D eigenvalue weighted by molar-refractivity contribution is -0.204. The molecule has 2 fully saturated rings. The Hall–Kier alpha value is -1.83. The van der Waals surface area contributed by atoms with E-state index in [0.29, 0.717) is 5.75 Å². The summed E-state index contributed by atoms with van der Waals surface area (Å²) in [5.74, 6) is -0.141. The number of rotatable bonds is 5. The summed E-state index contributed by atoms with van der Waals surface area (Å²) in [5, 5.41) is 23.9. The van der Waals surface area contributed by atoms with Crippen LogP contribution in [0.2, 0.25) is 0 Å². The van der Waals surface area contributed by atoms with Crippen LogP contribution in [0.15, 0.2) is 12.1 Å². The molecule has 7 nitrogen and oxygen atoms in total. The van der Waals surface area contributed by atoms with Gasteiger partial charge in [0.25, 0.3) is 0 Å². The summed E-state index contributed by atoms with van der Waals surface area (Å²) in [6.45, 7) is 4.77. The summed E-state index contributed by atoms with van der Waals surface area (Å²) in [4.78, 5) is 14.3. The number of hydrogen-bond acceptors (Lipinski definition) is 6. The highest BCUT2D eigenvalue weighted by atomic mass is 16.5. The van der Waals surface area contributed by atoms with Crippen LogP contribution in [-0.2, 0) is 21.4 Å². The smallest absolute Gasteiger partial charge is 0.320 e. The van der Waals surface area contributed by atoms with E-state index in [0.717, 1.165) is 37.8 Å². The Kier molecular flexibility index (Phi) is 4.41. The lowest BCUT2D eigenvalue weighted by Gasteiger charge is -2.65. The van der Waals surface area contributed by atoms with Crippen LogP contribution in [0.25, 0.3) is 0 Å². The van der Waals surface area contributed by atoms with Gasteiger partial charge >= 0.3 is 5.97 Å². The van der Waals surface area contributed by atoms with E-state index in [9.17, 15) is 15.0 Å². The van der Waals surface area contributed by atoms with Gasteiger partial charge in [-0.3, -0.25) is 10.1 Å². The molecule has 1 aromatic rings. The molecule has 0 aromatic heterocycles. The Bertz CT molecular complexity index is 889. The second-order valence-corrected chi connectivity index (χ2v) is 9.87. The van der Waals surface area contributed by atoms with Crippen LogP contribution in [0.4, 0.5) is 0 Å². The van der Waals surface area contributed by atoms with Crippen LogP contribution in [0.1, 0.15) is 44.2 Å². The van der Waals surface area contributed by atoms with E-state index in [-0.39, 0.29) is 29.9 Å². The van der Waals surface area contributed by atoms with E-state index < -0.39 is 23.0 Å².